The molecule has 1 atom stereocenters. The van der Waals surface area contributed by atoms with E-state index in [1.54, 1.807) is 4.90 Å². The van der Waals surface area contributed by atoms with Crippen LogP contribution in [0.25, 0.3) is 0 Å². The summed E-state index contributed by atoms with van der Waals surface area (Å²) in [5, 5.41) is 0. The van der Waals surface area contributed by atoms with Gasteiger partial charge in [-0.25, -0.2) is 4.79 Å². The van der Waals surface area contributed by atoms with E-state index in [9.17, 15) is 4.79 Å². The van der Waals surface area contributed by atoms with Crippen LogP contribution >= 0.6 is 11.6 Å². The Kier molecular flexibility index (Phi) is 7.88. The van der Waals surface area contributed by atoms with Gasteiger partial charge >= 0.3 is 6.09 Å². The molecular weight excluding hydrogens is 410 g/mol. The fourth-order valence-corrected chi connectivity index (χ4v) is 4.13. The van der Waals surface area contributed by atoms with Gasteiger partial charge in [0.15, 0.2) is 0 Å². The third-order valence-corrected chi connectivity index (χ3v) is 6.00. The summed E-state index contributed by atoms with van der Waals surface area (Å²) in [6.45, 7) is 12.1. The zero-order valence-electron chi connectivity index (χ0n) is 18.9. The second kappa shape index (κ2) is 10.4. The van der Waals surface area contributed by atoms with Gasteiger partial charge in [0.25, 0.3) is 0 Å². The number of hydrogen-bond donors (Lipinski definition) is 0. The van der Waals surface area contributed by atoms with Crippen LogP contribution in [-0.2, 0) is 15.4 Å². The molecule has 1 aromatic rings. The van der Waals surface area contributed by atoms with Crippen LogP contribution in [-0.4, -0.2) is 36.3 Å². The minimum absolute atomic E-state index is 0.221. The van der Waals surface area contributed by atoms with Crippen molar-refractivity contribution in [2.45, 2.75) is 57.4 Å². The highest BCUT2D eigenvalue weighted by Crippen LogP contribution is 2.32. The summed E-state index contributed by atoms with van der Waals surface area (Å²) in [5.74, 6) is 2.04. The lowest BCUT2D eigenvalue weighted by molar-refractivity contribution is 0.0150. The molecule has 2 aliphatic rings. The van der Waals surface area contributed by atoms with Crippen LogP contribution in [0.5, 0.6) is 0 Å². The van der Waals surface area contributed by atoms with Gasteiger partial charge in [-0.15, -0.1) is 11.6 Å². The normalized spacial score (nSPS) is 20.3. The van der Waals surface area contributed by atoms with Gasteiger partial charge in [0.1, 0.15) is 11.4 Å². The predicted molar refractivity (Wildman–Crippen MR) is 126 cm³/mol. The third-order valence-electron chi connectivity index (χ3n) is 5.69. The smallest absolute Gasteiger partial charge is 0.410 e. The Balaban J connectivity index is 1.51. The van der Waals surface area contributed by atoms with Crippen molar-refractivity contribution in [3.8, 4) is 0 Å². The maximum absolute atomic E-state index is 12.2. The van der Waals surface area contributed by atoms with E-state index in [1.165, 1.54) is 5.56 Å². The van der Waals surface area contributed by atoms with Crippen molar-refractivity contribution in [1.29, 1.82) is 0 Å². The number of rotatable bonds is 5. The van der Waals surface area contributed by atoms with Crippen molar-refractivity contribution >= 4 is 17.7 Å². The van der Waals surface area contributed by atoms with E-state index in [0.29, 0.717) is 31.5 Å². The predicted octanol–water partition coefficient (Wildman–Crippen LogP) is 6.57. The van der Waals surface area contributed by atoms with Gasteiger partial charge < -0.3 is 14.4 Å². The first-order chi connectivity index (χ1) is 14.7. The van der Waals surface area contributed by atoms with Crippen molar-refractivity contribution in [1.82, 2.24) is 4.90 Å². The molecule has 1 aliphatic heterocycles. The van der Waals surface area contributed by atoms with Crippen LogP contribution in [0.1, 0.15) is 57.1 Å². The standard InChI is InChI=1S/C26H34ClNO3/c1-19-15-23(9-6-10-24(19)22-8-5-7-21(16-22)17-27)30-18-20-11-13-28(14-12-20)25(29)31-26(2,3)4/h5-9,15-16,20,24H,1,10-14,17-18H2,2-4H3. The quantitative estimate of drug-likeness (QED) is 0.483. The molecule has 31 heavy (non-hydrogen) atoms. The molecule has 3 rings (SSSR count). The second-order valence-electron chi connectivity index (χ2n) is 9.41. The van der Waals surface area contributed by atoms with Crippen LogP contribution in [0.2, 0.25) is 0 Å². The van der Waals surface area contributed by atoms with Crippen LogP contribution in [0.4, 0.5) is 4.79 Å². The SMILES string of the molecule is C=C1C=C(OCC2CCN(C(=O)OC(C)(C)C)CC2)C=CCC1c1cccc(CCl)c1. The molecule has 168 valence electrons. The van der Waals surface area contributed by atoms with E-state index >= 15 is 0 Å². The fourth-order valence-electron chi connectivity index (χ4n) is 3.96. The number of hydrogen-bond acceptors (Lipinski definition) is 3. The van der Waals surface area contributed by atoms with Gasteiger partial charge in [-0.2, -0.15) is 0 Å². The molecule has 4 nitrogen and oxygen atoms in total. The number of carbonyl (C=O) groups excluding carboxylic acids is 1. The molecule has 1 unspecified atom stereocenters. The Hall–Kier alpha value is -2.20. The van der Waals surface area contributed by atoms with Gasteiger partial charge in [0.2, 0.25) is 0 Å². The van der Waals surface area contributed by atoms with Crippen molar-refractivity contribution < 1.29 is 14.3 Å². The second-order valence-corrected chi connectivity index (χ2v) is 9.68. The number of amides is 1. The molecule has 1 saturated heterocycles. The van der Waals surface area contributed by atoms with Gasteiger partial charge in [-0.1, -0.05) is 36.9 Å². The van der Waals surface area contributed by atoms with E-state index < -0.39 is 5.60 Å². The number of nitrogens with zero attached hydrogens (tertiary/aromatic N) is 1. The Morgan fingerprint density at radius 3 is 2.68 bits per heavy atom. The van der Waals surface area contributed by atoms with Gasteiger partial charge in [-0.3, -0.25) is 0 Å². The number of benzene rings is 1. The largest absolute Gasteiger partial charge is 0.493 e. The topological polar surface area (TPSA) is 38.8 Å². The van der Waals surface area contributed by atoms with Crippen molar-refractivity contribution in [2.24, 2.45) is 5.92 Å². The van der Waals surface area contributed by atoms with Gasteiger partial charge in [0.05, 0.1) is 6.61 Å². The van der Waals surface area contributed by atoms with Crippen LogP contribution in [0, 0.1) is 5.92 Å². The van der Waals surface area contributed by atoms with Crippen LogP contribution < -0.4 is 0 Å². The number of ether oxygens (including phenoxy) is 2. The Bertz CT molecular complexity index is 844. The lowest BCUT2D eigenvalue weighted by Gasteiger charge is -2.33. The zero-order chi connectivity index (χ0) is 22.4. The highest BCUT2D eigenvalue weighted by atomic mass is 35.5. The average Bonchev–Trinajstić information content (AvgIpc) is 2.92. The molecule has 0 bridgehead atoms. The summed E-state index contributed by atoms with van der Waals surface area (Å²) in [4.78, 5) is 14.0. The monoisotopic (exact) mass is 443 g/mol. The number of carbonyl (C=O) groups is 1. The molecular formula is C26H34ClNO3. The molecule has 5 heteroatoms. The van der Waals surface area contributed by atoms with Crippen LogP contribution in [0.15, 0.2) is 60.4 Å². The average molecular weight is 444 g/mol. The molecule has 1 aliphatic carbocycles. The number of alkyl halides is 1. The van der Waals surface area contributed by atoms with E-state index in [1.807, 2.05) is 32.9 Å². The van der Waals surface area contributed by atoms with Gasteiger partial charge in [0, 0.05) is 24.9 Å². The number of piperidine rings is 1. The Labute approximate surface area is 191 Å². The number of likely N-dealkylation sites (tertiary alicyclic amines) is 1. The first-order valence-electron chi connectivity index (χ1n) is 11.1. The summed E-state index contributed by atoms with van der Waals surface area (Å²) in [5.41, 5.74) is 2.95. The van der Waals surface area contributed by atoms with E-state index in [4.69, 9.17) is 21.1 Å². The van der Waals surface area contributed by atoms with Crippen molar-refractivity contribution in [3.63, 3.8) is 0 Å². The molecule has 1 amide bonds. The van der Waals surface area contributed by atoms with Crippen LogP contribution in [0.3, 0.4) is 0 Å². The summed E-state index contributed by atoms with van der Waals surface area (Å²) >= 11 is 6.00. The van der Waals surface area contributed by atoms with Crippen molar-refractivity contribution in [2.75, 3.05) is 19.7 Å². The Morgan fingerprint density at radius 2 is 2.00 bits per heavy atom. The van der Waals surface area contributed by atoms with E-state index in [2.05, 4.69) is 36.9 Å². The maximum Gasteiger partial charge on any atom is 0.410 e. The first kappa shape index (κ1) is 23.5. The molecule has 1 fully saturated rings. The highest BCUT2D eigenvalue weighted by molar-refractivity contribution is 6.17. The minimum Gasteiger partial charge on any atom is -0.493 e. The summed E-state index contributed by atoms with van der Waals surface area (Å²) in [6.07, 6.45) is 8.77. The molecule has 0 spiro atoms. The molecule has 1 heterocycles. The number of allylic oxidation sites excluding steroid dienone is 4. The lowest BCUT2D eigenvalue weighted by atomic mass is 9.89. The summed E-state index contributed by atoms with van der Waals surface area (Å²) in [7, 11) is 0. The fraction of sp³-hybridized carbons (Fsp3) is 0.500. The molecule has 0 N–H and O–H groups in total. The zero-order valence-corrected chi connectivity index (χ0v) is 19.7. The molecule has 1 aromatic carbocycles. The molecule has 0 saturated carbocycles. The molecule has 0 aromatic heterocycles. The van der Waals surface area contributed by atoms with E-state index in [0.717, 1.165) is 36.2 Å². The summed E-state index contributed by atoms with van der Waals surface area (Å²) in [6, 6.07) is 8.40. The van der Waals surface area contributed by atoms with Crippen molar-refractivity contribution in [3.05, 3.63) is 71.5 Å². The van der Waals surface area contributed by atoms with E-state index in [-0.39, 0.29) is 12.0 Å². The van der Waals surface area contributed by atoms with Gasteiger partial charge in [-0.05, 0) is 74.8 Å². The molecule has 0 radical (unpaired) electrons. The maximum atomic E-state index is 12.2. The minimum atomic E-state index is -0.457. The summed E-state index contributed by atoms with van der Waals surface area (Å²) < 4.78 is 11.6. The first-order valence-corrected chi connectivity index (χ1v) is 11.6. The third kappa shape index (κ3) is 6.90. The number of halogens is 1. The Morgan fingerprint density at radius 1 is 1.26 bits per heavy atom. The highest BCUT2D eigenvalue weighted by Gasteiger charge is 2.27. The lowest BCUT2D eigenvalue weighted by Crippen LogP contribution is -2.42.